The first-order chi connectivity index (χ1) is 12.0. The molecule has 0 N–H and O–H groups in total. The lowest BCUT2D eigenvalue weighted by Gasteiger charge is -2.34. The number of aryl methyl sites for hydroxylation is 1. The predicted octanol–water partition coefficient (Wildman–Crippen LogP) is 1.55. The highest BCUT2D eigenvalue weighted by Gasteiger charge is 2.17. The number of pyridine rings is 1. The highest BCUT2D eigenvalue weighted by molar-refractivity contribution is 5.39. The van der Waals surface area contributed by atoms with E-state index in [2.05, 4.69) is 28.6 Å². The third-order valence-corrected chi connectivity index (χ3v) is 4.57. The number of piperazine rings is 1. The number of hydrogen-bond acceptors (Lipinski definition) is 5. The molecule has 1 aliphatic rings. The van der Waals surface area contributed by atoms with Crippen molar-refractivity contribution < 1.29 is 4.74 Å². The summed E-state index contributed by atoms with van der Waals surface area (Å²) in [6.45, 7) is 12.7. The largest absolute Gasteiger partial charge is 0.377 e. The first-order valence-corrected chi connectivity index (χ1v) is 9.06. The van der Waals surface area contributed by atoms with E-state index < -0.39 is 0 Å². The van der Waals surface area contributed by atoms with E-state index >= 15 is 0 Å². The van der Waals surface area contributed by atoms with Crippen molar-refractivity contribution in [2.75, 3.05) is 39.3 Å². The standard InChI is InChI=1S/C19H28N4O2/c1-15(2)25-11-10-21-6-8-22(9-7-21)14-17-12-19(24)23-13-16(3)4-5-18(23)20-17/h4-5,12-13,15H,6-11,14H2,1-3H3. The van der Waals surface area contributed by atoms with Crippen molar-refractivity contribution in [3.8, 4) is 0 Å². The van der Waals surface area contributed by atoms with Crippen molar-refractivity contribution in [3.05, 3.63) is 46.0 Å². The van der Waals surface area contributed by atoms with E-state index in [1.165, 1.54) is 0 Å². The Labute approximate surface area is 149 Å². The molecule has 25 heavy (non-hydrogen) atoms. The van der Waals surface area contributed by atoms with Crippen LogP contribution < -0.4 is 5.56 Å². The molecule has 136 valence electrons. The van der Waals surface area contributed by atoms with E-state index in [4.69, 9.17) is 4.74 Å². The topological polar surface area (TPSA) is 50.1 Å². The smallest absolute Gasteiger partial charge is 0.258 e. The number of aromatic nitrogens is 2. The summed E-state index contributed by atoms with van der Waals surface area (Å²) < 4.78 is 7.24. The molecule has 0 unspecified atom stereocenters. The molecular formula is C19H28N4O2. The van der Waals surface area contributed by atoms with Crippen LogP contribution in [0.2, 0.25) is 0 Å². The number of fused-ring (bicyclic) bond motifs is 1. The molecule has 2 aromatic rings. The molecule has 1 saturated heterocycles. The molecule has 6 nitrogen and oxygen atoms in total. The maximum atomic E-state index is 12.3. The second-order valence-corrected chi connectivity index (χ2v) is 7.06. The SMILES string of the molecule is Cc1ccc2nc(CN3CCN(CCOC(C)C)CC3)cc(=O)n2c1. The summed E-state index contributed by atoms with van der Waals surface area (Å²) in [4.78, 5) is 21.8. The maximum absolute atomic E-state index is 12.3. The molecule has 2 aromatic heterocycles. The first-order valence-electron chi connectivity index (χ1n) is 9.06. The quantitative estimate of drug-likeness (QED) is 0.796. The van der Waals surface area contributed by atoms with Crippen molar-refractivity contribution in [1.82, 2.24) is 19.2 Å². The van der Waals surface area contributed by atoms with Gasteiger partial charge in [0, 0.05) is 51.5 Å². The molecule has 0 aliphatic carbocycles. The molecule has 0 bridgehead atoms. The Bertz CT molecular complexity index is 764. The van der Waals surface area contributed by atoms with Crippen LogP contribution in [-0.2, 0) is 11.3 Å². The van der Waals surface area contributed by atoms with Gasteiger partial charge < -0.3 is 4.74 Å². The average Bonchev–Trinajstić information content (AvgIpc) is 2.57. The minimum Gasteiger partial charge on any atom is -0.377 e. The van der Waals surface area contributed by atoms with Crippen LogP contribution >= 0.6 is 0 Å². The van der Waals surface area contributed by atoms with Crippen molar-refractivity contribution in [3.63, 3.8) is 0 Å². The fourth-order valence-electron chi connectivity index (χ4n) is 3.16. The van der Waals surface area contributed by atoms with Gasteiger partial charge in [0.05, 0.1) is 18.4 Å². The first kappa shape index (κ1) is 18.0. The zero-order chi connectivity index (χ0) is 17.8. The Morgan fingerprint density at radius 2 is 1.88 bits per heavy atom. The minimum atomic E-state index is -0.00632. The highest BCUT2D eigenvalue weighted by Crippen LogP contribution is 2.08. The van der Waals surface area contributed by atoms with E-state index in [9.17, 15) is 4.79 Å². The van der Waals surface area contributed by atoms with Gasteiger partial charge >= 0.3 is 0 Å². The third-order valence-electron chi connectivity index (χ3n) is 4.57. The number of rotatable bonds is 6. The van der Waals surface area contributed by atoms with Gasteiger partial charge in [-0.2, -0.15) is 0 Å². The van der Waals surface area contributed by atoms with Crippen molar-refractivity contribution in [1.29, 1.82) is 0 Å². The average molecular weight is 344 g/mol. The third kappa shape index (κ3) is 4.87. The van der Waals surface area contributed by atoms with E-state index in [0.29, 0.717) is 6.10 Å². The molecule has 1 aliphatic heterocycles. The Morgan fingerprint density at radius 3 is 2.60 bits per heavy atom. The molecule has 0 aromatic carbocycles. The molecule has 3 heterocycles. The molecule has 3 rings (SSSR count). The molecule has 0 saturated carbocycles. The number of hydrogen-bond donors (Lipinski definition) is 0. The molecule has 0 radical (unpaired) electrons. The summed E-state index contributed by atoms with van der Waals surface area (Å²) in [7, 11) is 0. The van der Waals surface area contributed by atoms with Gasteiger partial charge in [-0.05, 0) is 32.4 Å². The van der Waals surface area contributed by atoms with Crippen molar-refractivity contribution in [2.45, 2.75) is 33.4 Å². The number of nitrogens with zero attached hydrogens (tertiary/aromatic N) is 4. The van der Waals surface area contributed by atoms with E-state index in [-0.39, 0.29) is 5.56 Å². The van der Waals surface area contributed by atoms with Gasteiger partial charge in [0.1, 0.15) is 5.65 Å². The molecule has 0 amide bonds. The van der Waals surface area contributed by atoms with Crippen LogP contribution in [0.3, 0.4) is 0 Å². The predicted molar refractivity (Wildman–Crippen MR) is 99.0 cm³/mol. The highest BCUT2D eigenvalue weighted by atomic mass is 16.5. The summed E-state index contributed by atoms with van der Waals surface area (Å²) in [5.41, 5.74) is 2.62. The van der Waals surface area contributed by atoms with Gasteiger partial charge in [0.2, 0.25) is 0 Å². The maximum Gasteiger partial charge on any atom is 0.258 e. The van der Waals surface area contributed by atoms with Gasteiger partial charge in [-0.25, -0.2) is 4.98 Å². The van der Waals surface area contributed by atoms with Crippen LogP contribution in [0.15, 0.2) is 29.2 Å². The Hall–Kier alpha value is -1.76. The van der Waals surface area contributed by atoms with Crippen LogP contribution in [0, 0.1) is 6.92 Å². The second-order valence-electron chi connectivity index (χ2n) is 7.06. The van der Waals surface area contributed by atoms with E-state index in [1.54, 1.807) is 10.5 Å². The monoisotopic (exact) mass is 344 g/mol. The number of ether oxygens (including phenoxy) is 1. The summed E-state index contributed by atoms with van der Waals surface area (Å²) in [5, 5.41) is 0. The Balaban J connectivity index is 1.56. The van der Waals surface area contributed by atoms with Crippen molar-refractivity contribution >= 4 is 5.65 Å². The zero-order valence-corrected chi connectivity index (χ0v) is 15.4. The molecule has 0 spiro atoms. The van der Waals surface area contributed by atoms with E-state index in [1.807, 2.05) is 25.3 Å². The lowest BCUT2D eigenvalue weighted by atomic mass is 10.2. The molecule has 0 atom stereocenters. The minimum absolute atomic E-state index is 0.00632. The van der Waals surface area contributed by atoms with Crippen LogP contribution in [0.1, 0.15) is 25.1 Å². The fourth-order valence-corrected chi connectivity index (χ4v) is 3.16. The van der Waals surface area contributed by atoms with Crippen LogP contribution in [0.25, 0.3) is 5.65 Å². The summed E-state index contributed by atoms with van der Waals surface area (Å²) in [6, 6.07) is 5.56. The summed E-state index contributed by atoms with van der Waals surface area (Å²) in [6.07, 6.45) is 2.13. The fraction of sp³-hybridized carbons (Fsp3) is 0.579. The summed E-state index contributed by atoms with van der Waals surface area (Å²) >= 11 is 0. The van der Waals surface area contributed by atoms with Gasteiger partial charge in [0.25, 0.3) is 5.56 Å². The van der Waals surface area contributed by atoms with E-state index in [0.717, 1.165) is 62.8 Å². The molecule has 6 heteroatoms. The van der Waals surface area contributed by atoms with Gasteiger partial charge in [-0.3, -0.25) is 19.0 Å². The van der Waals surface area contributed by atoms with Crippen molar-refractivity contribution in [2.24, 2.45) is 0 Å². The molecular weight excluding hydrogens is 316 g/mol. The Kier molecular flexibility index (Phi) is 5.83. The second kappa shape index (κ2) is 8.08. The molecule has 1 fully saturated rings. The van der Waals surface area contributed by atoms with Gasteiger partial charge in [-0.1, -0.05) is 6.07 Å². The van der Waals surface area contributed by atoms with Gasteiger partial charge in [-0.15, -0.1) is 0 Å². The normalized spacial score (nSPS) is 16.8. The van der Waals surface area contributed by atoms with Crippen LogP contribution in [0.5, 0.6) is 0 Å². The lowest BCUT2D eigenvalue weighted by molar-refractivity contribution is 0.0436. The van der Waals surface area contributed by atoms with Crippen LogP contribution in [0.4, 0.5) is 0 Å². The zero-order valence-electron chi connectivity index (χ0n) is 15.4. The Morgan fingerprint density at radius 1 is 1.16 bits per heavy atom. The van der Waals surface area contributed by atoms with Gasteiger partial charge in [0.15, 0.2) is 0 Å². The van der Waals surface area contributed by atoms with Crippen LogP contribution in [-0.4, -0.2) is 64.6 Å². The summed E-state index contributed by atoms with van der Waals surface area (Å²) in [5.74, 6) is 0. The lowest BCUT2D eigenvalue weighted by Crippen LogP contribution is -2.47.